The second-order valence-corrected chi connectivity index (χ2v) is 5.07. The number of hydrogen-bond donors (Lipinski definition) is 2. The van der Waals surface area contributed by atoms with Crippen LogP contribution in [0.5, 0.6) is 0 Å². The minimum atomic E-state index is -1.64. The summed E-state index contributed by atoms with van der Waals surface area (Å²) in [5.41, 5.74) is 1.89. The maximum Gasteiger partial charge on any atom is 0.488 e. The first-order valence-corrected chi connectivity index (χ1v) is 6.78. The van der Waals surface area contributed by atoms with Gasteiger partial charge < -0.3 is 14.9 Å². The lowest BCUT2D eigenvalue weighted by Gasteiger charge is -2.17. The molecule has 0 atom stereocenters. The summed E-state index contributed by atoms with van der Waals surface area (Å²) in [5, 5.41) is 18.0. The third-order valence-electron chi connectivity index (χ3n) is 3.35. The van der Waals surface area contributed by atoms with Crippen LogP contribution in [0.2, 0.25) is 0 Å². The zero-order chi connectivity index (χ0) is 15.2. The fraction of sp³-hybridized carbons (Fsp3) is 0.267. The van der Waals surface area contributed by atoms with Gasteiger partial charge in [0.25, 0.3) is 0 Å². The van der Waals surface area contributed by atoms with E-state index in [0.717, 1.165) is 19.0 Å². The summed E-state index contributed by atoms with van der Waals surface area (Å²) in [6.45, 7) is 1.27. The fourth-order valence-electron chi connectivity index (χ4n) is 2.09. The van der Waals surface area contributed by atoms with Crippen molar-refractivity contribution in [1.29, 1.82) is 0 Å². The Morgan fingerprint density at radius 3 is 2.52 bits per heavy atom. The van der Waals surface area contributed by atoms with E-state index in [0.29, 0.717) is 12.1 Å². The average Bonchev–Trinajstić information content (AvgIpc) is 2.48. The van der Waals surface area contributed by atoms with E-state index in [1.54, 1.807) is 18.5 Å². The maximum atomic E-state index is 13.9. The lowest BCUT2D eigenvalue weighted by atomic mass is 9.80. The van der Waals surface area contributed by atoms with Crippen LogP contribution in [0.1, 0.15) is 11.1 Å². The largest absolute Gasteiger partial charge is 0.488 e. The van der Waals surface area contributed by atoms with Crippen LogP contribution in [0.4, 0.5) is 4.39 Å². The molecule has 0 saturated carbocycles. The SMILES string of the molecule is CN(CCc1ccncc1)Cc1ccc(B(O)O)cc1F. The van der Waals surface area contributed by atoms with Crippen molar-refractivity contribution in [3.63, 3.8) is 0 Å². The van der Waals surface area contributed by atoms with Gasteiger partial charge in [-0.3, -0.25) is 4.98 Å². The van der Waals surface area contributed by atoms with Crippen molar-refractivity contribution in [2.24, 2.45) is 0 Å². The predicted molar refractivity (Wildman–Crippen MR) is 80.5 cm³/mol. The number of benzene rings is 1. The summed E-state index contributed by atoms with van der Waals surface area (Å²) < 4.78 is 13.9. The Balaban J connectivity index is 1.92. The molecule has 1 heterocycles. The van der Waals surface area contributed by atoms with Crippen LogP contribution in [0.15, 0.2) is 42.7 Å². The van der Waals surface area contributed by atoms with Crippen molar-refractivity contribution < 1.29 is 14.4 Å². The number of likely N-dealkylation sites (N-methyl/N-ethyl adjacent to an activating group) is 1. The smallest absolute Gasteiger partial charge is 0.423 e. The molecule has 0 radical (unpaired) electrons. The zero-order valence-corrected chi connectivity index (χ0v) is 11.9. The molecule has 0 amide bonds. The lowest BCUT2D eigenvalue weighted by Crippen LogP contribution is -2.30. The predicted octanol–water partition coefficient (Wildman–Crippen LogP) is 0.575. The van der Waals surface area contributed by atoms with Crippen molar-refractivity contribution in [2.75, 3.05) is 13.6 Å². The Hall–Kier alpha value is -1.76. The van der Waals surface area contributed by atoms with Gasteiger partial charge in [-0.1, -0.05) is 12.1 Å². The molecule has 0 aliphatic heterocycles. The van der Waals surface area contributed by atoms with Gasteiger partial charge in [0.15, 0.2) is 0 Å². The molecular weight excluding hydrogens is 270 g/mol. The molecule has 1 aromatic carbocycles. The van der Waals surface area contributed by atoms with Crippen LogP contribution in [0.3, 0.4) is 0 Å². The van der Waals surface area contributed by atoms with E-state index in [2.05, 4.69) is 4.98 Å². The highest BCUT2D eigenvalue weighted by molar-refractivity contribution is 6.58. The van der Waals surface area contributed by atoms with Gasteiger partial charge in [0, 0.05) is 31.0 Å². The molecule has 0 aliphatic carbocycles. The first-order chi connectivity index (χ1) is 10.1. The van der Waals surface area contributed by atoms with Gasteiger partial charge in [0.05, 0.1) is 0 Å². The molecule has 2 N–H and O–H groups in total. The highest BCUT2D eigenvalue weighted by Gasteiger charge is 2.14. The molecule has 2 rings (SSSR count). The molecule has 2 aromatic rings. The Morgan fingerprint density at radius 2 is 1.90 bits per heavy atom. The average molecular weight is 288 g/mol. The zero-order valence-electron chi connectivity index (χ0n) is 11.9. The standard InChI is InChI=1S/C15H18BFN2O2/c1-19(9-6-12-4-7-18-8-5-12)11-13-2-3-14(16(20)21)10-15(13)17/h2-5,7-8,10,20-21H,6,9,11H2,1H3. The molecule has 0 saturated heterocycles. The molecular formula is C15H18BFN2O2. The number of aromatic nitrogens is 1. The summed E-state index contributed by atoms with van der Waals surface area (Å²) in [5.74, 6) is -0.420. The highest BCUT2D eigenvalue weighted by Crippen LogP contribution is 2.09. The van der Waals surface area contributed by atoms with E-state index in [1.807, 2.05) is 24.1 Å². The Morgan fingerprint density at radius 1 is 1.19 bits per heavy atom. The molecule has 0 bridgehead atoms. The van der Waals surface area contributed by atoms with Gasteiger partial charge >= 0.3 is 7.12 Å². The van der Waals surface area contributed by atoms with Gasteiger partial charge in [-0.05, 0) is 42.7 Å². The minimum Gasteiger partial charge on any atom is -0.423 e. The number of hydrogen-bond acceptors (Lipinski definition) is 4. The quantitative estimate of drug-likeness (QED) is 0.763. The molecule has 0 aliphatic rings. The van der Waals surface area contributed by atoms with Gasteiger partial charge in [0.1, 0.15) is 5.82 Å². The topological polar surface area (TPSA) is 56.6 Å². The van der Waals surface area contributed by atoms with Crippen LogP contribution in [0, 0.1) is 5.82 Å². The minimum absolute atomic E-state index is 0.163. The number of halogens is 1. The number of pyridine rings is 1. The van der Waals surface area contributed by atoms with Crippen LogP contribution < -0.4 is 5.46 Å². The Bertz CT molecular complexity index is 581. The van der Waals surface area contributed by atoms with Gasteiger partial charge in [0.2, 0.25) is 0 Å². The van der Waals surface area contributed by atoms with Crippen molar-refractivity contribution in [3.05, 3.63) is 59.7 Å². The molecule has 6 heteroatoms. The summed E-state index contributed by atoms with van der Waals surface area (Å²) in [7, 11) is 0.285. The van der Waals surface area contributed by atoms with E-state index in [-0.39, 0.29) is 5.46 Å². The summed E-state index contributed by atoms with van der Waals surface area (Å²) in [6, 6.07) is 8.21. The molecule has 4 nitrogen and oxygen atoms in total. The lowest BCUT2D eigenvalue weighted by molar-refractivity contribution is 0.325. The van der Waals surface area contributed by atoms with Crippen LogP contribution in [0.25, 0.3) is 0 Å². The van der Waals surface area contributed by atoms with Crippen molar-refractivity contribution in [1.82, 2.24) is 9.88 Å². The summed E-state index contributed by atoms with van der Waals surface area (Å²) in [6.07, 6.45) is 4.38. The number of rotatable bonds is 6. The van der Waals surface area contributed by atoms with Crippen LogP contribution in [-0.2, 0) is 13.0 Å². The van der Waals surface area contributed by atoms with E-state index < -0.39 is 12.9 Å². The maximum absolute atomic E-state index is 13.9. The third-order valence-corrected chi connectivity index (χ3v) is 3.35. The summed E-state index contributed by atoms with van der Waals surface area (Å²) >= 11 is 0. The van der Waals surface area contributed by atoms with E-state index >= 15 is 0 Å². The second kappa shape index (κ2) is 7.31. The van der Waals surface area contributed by atoms with Crippen molar-refractivity contribution in [3.8, 4) is 0 Å². The Kier molecular flexibility index (Phi) is 5.44. The van der Waals surface area contributed by atoms with Gasteiger partial charge in [-0.15, -0.1) is 0 Å². The van der Waals surface area contributed by atoms with Crippen LogP contribution in [-0.4, -0.2) is 40.6 Å². The second-order valence-electron chi connectivity index (χ2n) is 5.07. The van der Waals surface area contributed by atoms with Crippen LogP contribution >= 0.6 is 0 Å². The van der Waals surface area contributed by atoms with Gasteiger partial charge in [-0.25, -0.2) is 4.39 Å². The monoisotopic (exact) mass is 288 g/mol. The molecule has 0 fully saturated rings. The normalized spacial score (nSPS) is 10.9. The molecule has 21 heavy (non-hydrogen) atoms. The first-order valence-electron chi connectivity index (χ1n) is 6.78. The third kappa shape index (κ3) is 4.63. The molecule has 0 spiro atoms. The highest BCUT2D eigenvalue weighted by atomic mass is 19.1. The molecule has 110 valence electrons. The molecule has 1 aromatic heterocycles. The summed E-state index contributed by atoms with van der Waals surface area (Å²) in [4.78, 5) is 5.99. The van der Waals surface area contributed by atoms with E-state index in [9.17, 15) is 4.39 Å². The fourth-order valence-corrected chi connectivity index (χ4v) is 2.09. The molecule has 0 unspecified atom stereocenters. The van der Waals surface area contributed by atoms with Crippen molar-refractivity contribution >= 4 is 12.6 Å². The van der Waals surface area contributed by atoms with Gasteiger partial charge in [-0.2, -0.15) is 0 Å². The first kappa shape index (κ1) is 15.6. The van der Waals surface area contributed by atoms with E-state index in [4.69, 9.17) is 10.0 Å². The van der Waals surface area contributed by atoms with Crippen molar-refractivity contribution in [2.45, 2.75) is 13.0 Å². The number of nitrogens with zero attached hydrogens (tertiary/aromatic N) is 2. The van der Waals surface area contributed by atoms with E-state index in [1.165, 1.54) is 11.6 Å². The Labute approximate surface area is 124 Å².